The second kappa shape index (κ2) is 16.3. The average molecular weight is 545 g/mol. The van der Waals surface area contributed by atoms with Crippen LogP contribution in [0.1, 0.15) is 48.0 Å². The van der Waals surface area contributed by atoms with Crippen LogP contribution in [0.2, 0.25) is 0 Å². The molecule has 0 aromatic heterocycles. The Morgan fingerprint density at radius 1 is 1.06 bits per heavy atom. The number of hydrogen-bond donors (Lipinski definition) is 3. The Hall–Kier alpha value is -1.39. The third kappa shape index (κ3) is 11.7. The molecule has 1 aromatic rings. The van der Waals surface area contributed by atoms with Crippen LogP contribution >= 0.6 is 24.0 Å². The molecule has 0 spiro atoms. The van der Waals surface area contributed by atoms with Crippen molar-refractivity contribution in [2.45, 2.75) is 38.6 Å². The average Bonchev–Trinajstić information content (AvgIpc) is 3.02. The van der Waals surface area contributed by atoms with Crippen LogP contribution in [0.25, 0.3) is 0 Å². The van der Waals surface area contributed by atoms with Gasteiger partial charge in [0.25, 0.3) is 5.91 Å². The summed E-state index contributed by atoms with van der Waals surface area (Å²) in [6, 6.07) is 7.74. The van der Waals surface area contributed by atoms with Crippen molar-refractivity contribution in [1.82, 2.24) is 25.8 Å². The maximum Gasteiger partial charge on any atom is 0.251 e. The number of benzene rings is 1. The second-order valence-corrected chi connectivity index (χ2v) is 8.22. The summed E-state index contributed by atoms with van der Waals surface area (Å²) in [4.78, 5) is 21.3. The highest BCUT2D eigenvalue weighted by Gasteiger charge is 2.09. The number of halogens is 1. The Bertz CT molecular complexity index is 659. The van der Waals surface area contributed by atoms with Crippen LogP contribution in [0.4, 0.5) is 0 Å². The minimum Gasteiger partial charge on any atom is -0.356 e. The molecule has 1 heterocycles. The predicted octanol–water partition coefficient (Wildman–Crippen LogP) is 2.53. The van der Waals surface area contributed by atoms with Crippen LogP contribution in [0.15, 0.2) is 29.3 Å². The molecule has 8 heteroatoms. The minimum atomic E-state index is -0.0327. The number of rotatable bonds is 10. The Morgan fingerprint density at radius 3 is 2.48 bits per heavy atom. The Kier molecular flexibility index (Phi) is 14.5. The zero-order chi connectivity index (χ0) is 21.6. The first kappa shape index (κ1) is 27.6. The van der Waals surface area contributed by atoms with Gasteiger partial charge in [-0.15, -0.1) is 24.0 Å². The van der Waals surface area contributed by atoms with Gasteiger partial charge in [0.15, 0.2) is 5.96 Å². The highest BCUT2D eigenvalue weighted by atomic mass is 127. The lowest BCUT2D eigenvalue weighted by Gasteiger charge is -2.20. The molecule has 7 nitrogen and oxygen atoms in total. The van der Waals surface area contributed by atoms with Crippen LogP contribution in [0.5, 0.6) is 0 Å². The lowest BCUT2D eigenvalue weighted by atomic mass is 10.1. The summed E-state index contributed by atoms with van der Waals surface area (Å²) in [7, 11) is 5.78. The molecule has 0 aliphatic carbocycles. The molecule has 1 amide bonds. The number of guanidine groups is 1. The highest BCUT2D eigenvalue weighted by molar-refractivity contribution is 14.0. The van der Waals surface area contributed by atoms with E-state index in [-0.39, 0.29) is 29.9 Å². The van der Waals surface area contributed by atoms with Gasteiger partial charge in [-0.05, 0) is 70.7 Å². The van der Waals surface area contributed by atoms with E-state index in [2.05, 4.69) is 25.8 Å². The number of nitrogens with zero attached hydrogens (tertiary/aromatic N) is 3. The molecule has 0 bridgehead atoms. The summed E-state index contributed by atoms with van der Waals surface area (Å²) in [6.07, 6.45) is 6.55. The molecule has 0 saturated carbocycles. The SMILES string of the molecule is CN=C(NCCCN1CCCCCC1)NCc1cccc(C(=O)NCCN(C)C)c1.I. The van der Waals surface area contributed by atoms with Crippen LogP contribution in [0, 0.1) is 0 Å². The Labute approximate surface area is 205 Å². The predicted molar refractivity (Wildman–Crippen MR) is 140 cm³/mol. The van der Waals surface area contributed by atoms with Crippen LogP contribution in [0.3, 0.4) is 0 Å². The molecule has 1 saturated heterocycles. The van der Waals surface area contributed by atoms with Gasteiger partial charge in [-0.1, -0.05) is 25.0 Å². The van der Waals surface area contributed by atoms with Crippen molar-refractivity contribution in [3.05, 3.63) is 35.4 Å². The zero-order valence-electron chi connectivity index (χ0n) is 19.5. The van der Waals surface area contributed by atoms with Gasteiger partial charge in [0.1, 0.15) is 0 Å². The van der Waals surface area contributed by atoms with E-state index in [9.17, 15) is 4.79 Å². The monoisotopic (exact) mass is 544 g/mol. The number of likely N-dealkylation sites (N-methyl/N-ethyl adjacent to an activating group) is 1. The van der Waals surface area contributed by atoms with Crippen LogP contribution in [-0.2, 0) is 6.54 Å². The zero-order valence-corrected chi connectivity index (χ0v) is 21.8. The van der Waals surface area contributed by atoms with Gasteiger partial charge in [-0.2, -0.15) is 0 Å². The second-order valence-electron chi connectivity index (χ2n) is 8.22. The lowest BCUT2D eigenvalue weighted by molar-refractivity contribution is 0.0951. The van der Waals surface area contributed by atoms with Gasteiger partial charge in [-0.3, -0.25) is 9.79 Å². The van der Waals surface area contributed by atoms with E-state index >= 15 is 0 Å². The lowest BCUT2D eigenvalue weighted by Crippen LogP contribution is -2.38. The topological polar surface area (TPSA) is 72.0 Å². The van der Waals surface area contributed by atoms with Gasteiger partial charge in [0.2, 0.25) is 0 Å². The van der Waals surface area contributed by atoms with Crippen molar-refractivity contribution in [2.24, 2.45) is 4.99 Å². The van der Waals surface area contributed by atoms with Gasteiger partial charge >= 0.3 is 0 Å². The van der Waals surface area contributed by atoms with E-state index in [1.54, 1.807) is 7.05 Å². The quantitative estimate of drug-likeness (QED) is 0.183. The third-order valence-electron chi connectivity index (χ3n) is 5.36. The number of hydrogen-bond acceptors (Lipinski definition) is 4. The molecule has 1 aliphatic rings. The standard InChI is InChI=1S/C23H40N6O.HI/c1-24-23(26-12-9-16-29-14-6-4-5-7-15-29)27-19-20-10-8-11-21(18-20)22(30)25-13-17-28(2)3;/h8,10-11,18H,4-7,9,12-17,19H2,1-3H3,(H,25,30)(H2,24,26,27);1H. The molecular formula is C23H41IN6O. The summed E-state index contributed by atoms with van der Waals surface area (Å²) in [6.45, 7) is 6.64. The molecule has 0 atom stereocenters. The van der Waals surface area contributed by atoms with E-state index in [1.165, 1.54) is 38.8 Å². The number of aliphatic imine (C=N–C) groups is 1. The summed E-state index contributed by atoms with van der Waals surface area (Å²) in [5.74, 6) is 0.765. The number of carbonyl (C=O) groups excluding carboxylic acids is 1. The van der Waals surface area contributed by atoms with E-state index < -0.39 is 0 Å². The van der Waals surface area contributed by atoms with E-state index in [4.69, 9.17) is 0 Å². The van der Waals surface area contributed by atoms with Crippen molar-refractivity contribution in [3.8, 4) is 0 Å². The normalized spacial score (nSPS) is 15.2. The number of likely N-dealkylation sites (tertiary alicyclic amines) is 1. The summed E-state index contributed by atoms with van der Waals surface area (Å²) in [5, 5.41) is 9.70. The maximum absolute atomic E-state index is 12.3. The fourth-order valence-corrected chi connectivity index (χ4v) is 3.59. The maximum atomic E-state index is 12.3. The van der Waals surface area contributed by atoms with Crippen molar-refractivity contribution < 1.29 is 4.79 Å². The molecule has 1 fully saturated rings. The van der Waals surface area contributed by atoms with Gasteiger partial charge < -0.3 is 25.8 Å². The van der Waals surface area contributed by atoms with Crippen molar-refractivity contribution in [3.63, 3.8) is 0 Å². The fourth-order valence-electron chi connectivity index (χ4n) is 3.59. The third-order valence-corrected chi connectivity index (χ3v) is 5.36. The molecule has 3 N–H and O–H groups in total. The van der Waals surface area contributed by atoms with Gasteiger partial charge in [0.05, 0.1) is 0 Å². The number of amides is 1. The summed E-state index contributed by atoms with van der Waals surface area (Å²) in [5.41, 5.74) is 1.75. The minimum absolute atomic E-state index is 0. The Balaban J connectivity index is 0.00000480. The van der Waals surface area contributed by atoms with E-state index in [1.807, 2.05) is 43.3 Å². The number of carbonyl (C=O) groups is 1. The van der Waals surface area contributed by atoms with Crippen molar-refractivity contribution >= 4 is 35.8 Å². The summed E-state index contributed by atoms with van der Waals surface area (Å²) < 4.78 is 0. The first-order valence-electron chi connectivity index (χ1n) is 11.3. The Morgan fingerprint density at radius 2 is 1.81 bits per heavy atom. The summed E-state index contributed by atoms with van der Waals surface area (Å²) >= 11 is 0. The number of nitrogens with one attached hydrogen (secondary N) is 3. The van der Waals surface area contributed by atoms with Crippen LogP contribution < -0.4 is 16.0 Å². The van der Waals surface area contributed by atoms with Crippen molar-refractivity contribution in [1.29, 1.82) is 0 Å². The molecule has 1 aliphatic heterocycles. The first-order chi connectivity index (χ1) is 14.6. The van der Waals surface area contributed by atoms with Crippen molar-refractivity contribution in [2.75, 3.05) is 60.4 Å². The van der Waals surface area contributed by atoms with E-state index in [0.29, 0.717) is 18.7 Å². The molecular weight excluding hydrogens is 503 g/mol. The molecule has 2 rings (SSSR count). The fraction of sp³-hybridized carbons (Fsp3) is 0.652. The van der Waals surface area contributed by atoms with Gasteiger partial charge in [-0.25, -0.2) is 0 Å². The van der Waals surface area contributed by atoms with Crippen LogP contribution in [-0.4, -0.2) is 82.1 Å². The van der Waals surface area contributed by atoms with Gasteiger partial charge in [0, 0.05) is 38.8 Å². The first-order valence-corrected chi connectivity index (χ1v) is 11.3. The van der Waals surface area contributed by atoms with E-state index in [0.717, 1.165) is 37.6 Å². The molecule has 0 unspecified atom stereocenters. The molecule has 31 heavy (non-hydrogen) atoms. The largest absolute Gasteiger partial charge is 0.356 e. The smallest absolute Gasteiger partial charge is 0.251 e. The molecule has 1 aromatic carbocycles. The molecule has 0 radical (unpaired) electrons. The molecule has 176 valence electrons. The highest BCUT2D eigenvalue weighted by Crippen LogP contribution is 2.09.